The van der Waals surface area contributed by atoms with Gasteiger partial charge in [-0.1, -0.05) is 13.8 Å². The fraction of sp³-hybridized carbons (Fsp3) is 0.667. The molecule has 0 atom stereocenters. The van der Waals surface area contributed by atoms with Gasteiger partial charge in [-0.25, -0.2) is 4.57 Å². The van der Waals surface area contributed by atoms with Crippen LogP contribution in [0.2, 0.25) is 0 Å². The number of phosphoric acid groups is 1. The molecule has 5 heteroatoms. The minimum Gasteiger partial charge on any atom is -0.409 e. The van der Waals surface area contributed by atoms with Gasteiger partial charge in [0.25, 0.3) is 0 Å². The first kappa shape index (κ1) is 10.7. The Morgan fingerprint density at radius 3 is 2.36 bits per heavy atom. The summed E-state index contributed by atoms with van der Waals surface area (Å²) in [7, 11) is -4.34. The maximum Gasteiger partial charge on any atom is 0.524 e. The number of hydrogen-bond acceptors (Lipinski definition) is 2. The van der Waals surface area contributed by atoms with E-state index in [9.17, 15) is 4.57 Å². The van der Waals surface area contributed by atoms with Crippen LogP contribution in [0.5, 0.6) is 0 Å². The predicted molar refractivity (Wildman–Crippen MR) is 41.8 cm³/mol. The van der Waals surface area contributed by atoms with Gasteiger partial charge in [0.05, 0.1) is 0 Å². The smallest absolute Gasteiger partial charge is 0.409 e. The topological polar surface area (TPSA) is 66.8 Å². The quantitative estimate of drug-likeness (QED) is 0.511. The van der Waals surface area contributed by atoms with Gasteiger partial charge < -0.3 is 4.52 Å². The Balaban J connectivity index is 4.10. The molecule has 0 aromatic rings. The average molecular weight is 180 g/mol. The Bertz CT molecular complexity index is 181. The molecule has 0 aliphatic rings. The second-order valence-corrected chi connectivity index (χ2v) is 3.18. The Morgan fingerprint density at radius 1 is 1.55 bits per heavy atom. The molecule has 0 radical (unpaired) electrons. The van der Waals surface area contributed by atoms with Gasteiger partial charge in [-0.3, -0.25) is 9.79 Å². The van der Waals surface area contributed by atoms with Crippen molar-refractivity contribution in [3.63, 3.8) is 0 Å². The Hall–Kier alpha value is -0.310. The van der Waals surface area contributed by atoms with E-state index >= 15 is 0 Å². The third kappa shape index (κ3) is 6.10. The van der Waals surface area contributed by atoms with E-state index in [1.807, 2.05) is 6.92 Å². The molecule has 0 amide bonds. The average Bonchev–Trinajstić information content (AvgIpc) is 1.84. The van der Waals surface area contributed by atoms with E-state index in [-0.39, 0.29) is 0 Å². The molecule has 0 heterocycles. The molecule has 0 aliphatic heterocycles. The van der Waals surface area contributed by atoms with Crippen molar-refractivity contribution in [3.8, 4) is 0 Å². The predicted octanol–water partition coefficient (Wildman–Crippen LogP) is 1.80. The van der Waals surface area contributed by atoms with E-state index in [4.69, 9.17) is 9.79 Å². The molecule has 11 heavy (non-hydrogen) atoms. The van der Waals surface area contributed by atoms with Crippen molar-refractivity contribution in [2.75, 3.05) is 0 Å². The summed E-state index contributed by atoms with van der Waals surface area (Å²) in [5.41, 5.74) is 0. The van der Waals surface area contributed by atoms with Gasteiger partial charge in [0, 0.05) is 6.42 Å². The first-order valence-electron chi connectivity index (χ1n) is 3.43. The molecule has 66 valence electrons. The molecule has 0 spiro atoms. The highest BCUT2D eigenvalue weighted by molar-refractivity contribution is 7.46. The van der Waals surface area contributed by atoms with Crippen molar-refractivity contribution in [1.29, 1.82) is 0 Å². The molecule has 0 bridgehead atoms. The largest absolute Gasteiger partial charge is 0.524 e. The summed E-state index contributed by atoms with van der Waals surface area (Å²) in [6.45, 7) is 3.65. The molecule has 2 N–H and O–H groups in total. The molecule has 0 rings (SSSR count). The number of hydrogen-bond donors (Lipinski definition) is 2. The van der Waals surface area contributed by atoms with Crippen molar-refractivity contribution < 1.29 is 18.9 Å². The van der Waals surface area contributed by atoms with Gasteiger partial charge in [0.15, 0.2) is 0 Å². The second kappa shape index (κ2) is 4.54. The van der Waals surface area contributed by atoms with Crippen LogP contribution < -0.4 is 0 Å². The van der Waals surface area contributed by atoms with E-state index in [1.165, 1.54) is 0 Å². The number of phosphoric ester groups is 1. The third-order valence-electron chi connectivity index (χ3n) is 1.02. The fourth-order valence-electron chi connectivity index (χ4n) is 0.627. The van der Waals surface area contributed by atoms with Crippen molar-refractivity contribution in [1.82, 2.24) is 0 Å². The van der Waals surface area contributed by atoms with E-state index in [0.717, 1.165) is 0 Å². The molecule has 0 unspecified atom stereocenters. The summed E-state index contributed by atoms with van der Waals surface area (Å²) in [6.07, 6.45) is 2.86. The number of allylic oxidation sites excluding steroid dienone is 2. The normalized spacial score (nSPS) is 13.3. The van der Waals surface area contributed by atoms with Crippen LogP contribution in [0.15, 0.2) is 11.8 Å². The fourth-order valence-corrected chi connectivity index (χ4v) is 1.14. The Labute approximate surface area is 66.1 Å². The number of rotatable bonds is 4. The van der Waals surface area contributed by atoms with Crippen LogP contribution in [0.4, 0.5) is 0 Å². The highest BCUT2D eigenvalue weighted by Gasteiger charge is 2.15. The zero-order chi connectivity index (χ0) is 8.91. The van der Waals surface area contributed by atoms with Crippen molar-refractivity contribution >= 4 is 7.82 Å². The lowest BCUT2D eigenvalue weighted by Crippen LogP contribution is -1.88. The first-order chi connectivity index (χ1) is 4.99. The lowest BCUT2D eigenvalue weighted by molar-refractivity contribution is 0.237. The molecule has 0 saturated heterocycles. The summed E-state index contributed by atoms with van der Waals surface area (Å²) >= 11 is 0. The van der Waals surface area contributed by atoms with Gasteiger partial charge in [0.2, 0.25) is 0 Å². The van der Waals surface area contributed by atoms with Crippen LogP contribution in [0.25, 0.3) is 0 Å². The zero-order valence-electron chi connectivity index (χ0n) is 6.65. The Kier molecular flexibility index (Phi) is 4.42. The molecular formula is C6H13O4P. The molecular weight excluding hydrogens is 167 g/mol. The van der Waals surface area contributed by atoms with E-state index in [0.29, 0.717) is 18.6 Å². The summed E-state index contributed by atoms with van der Waals surface area (Å²) < 4.78 is 14.7. The zero-order valence-corrected chi connectivity index (χ0v) is 7.54. The van der Waals surface area contributed by atoms with Crippen LogP contribution in [-0.2, 0) is 9.09 Å². The maximum atomic E-state index is 10.3. The van der Waals surface area contributed by atoms with Gasteiger partial charge in [-0.2, -0.15) is 0 Å². The highest BCUT2D eigenvalue weighted by Crippen LogP contribution is 2.39. The van der Waals surface area contributed by atoms with Gasteiger partial charge in [0.1, 0.15) is 5.76 Å². The highest BCUT2D eigenvalue weighted by atomic mass is 31.2. The monoisotopic (exact) mass is 180 g/mol. The first-order valence-corrected chi connectivity index (χ1v) is 4.96. The molecule has 0 aromatic heterocycles. The minimum absolute atomic E-state index is 0.348. The van der Waals surface area contributed by atoms with Crippen molar-refractivity contribution in [3.05, 3.63) is 11.8 Å². The molecule has 0 fully saturated rings. The van der Waals surface area contributed by atoms with Gasteiger partial charge in [-0.15, -0.1) is 0 Å². The molecule has 0 aromatic carbocycles. The second-order valence-electron chi connectivity index (χ2n) is 2.01. The van der Waals surface area contributed by atoms with E-state index < -0.39 is 7.82 Å². The van der Waals surface area contributed by atoms with Crippen molar-refractivity contribution in [2.45, 2.75) is 26.7 Å². The van der Waals surface area contributed by atoms with Crippen LogP contribution in [-0.4, -0.2) is 9.79 Å². The lowest BCUT2D eigenvalue weighted by Gasteiger charge is -2.08. The maximum absolute atomic E-state index is 10.3. The van der Waals surface area contributed by atoms with Crippen LogP contribution in [0.1, 0.15) is 26.7 Å². The van der Waals surface area contributed by atoms with Gasteiger partial charge in [-0.05, 0) is 12.5 Å². The minimum atomic E-state index is -4.34. The SMILES string of the molecule is CCC=C(CC)OP(=O)(O)O. The van der Waals surface area contributed by atoms with Crippen molar-refractivity contribution in [2.24, 2.45) is 0 Å². The Morgan fingerprint density at radius 2 is 2.09 bits per heavy atom. The molecule has 0 saturated carbocycles. The van der Waals surface area contributed by atoms with E-state index in [1.54, 1.807) is 13.0 Å². The summed E-state index contributed by atoms with van der Waals surface area (Å²) in [6, 6.07) is 0. The third-order valence-corrected chi connectivity index (χ3v) is 1.49. The van der Waals surface area contributed by atoms with Crippen LogP contribution in [0.3, 0.4) is 0 Å². The molecule has 4 nitrogen and oxygen atoms in total. The summed E-state index contributed by atoms with van der Waals surface area (Å²) in [4.78, 5) is 16.8. The standard InChI is InChI=1S/C6H13O4P/c1-3-5-6(4-2)10-11(7,8)9/h5H,3-4H2,1-2H3,(H2,7,8,9). The lowest BCUT2D eigenvalue weighted by atomic mass is 10.3. The summed E-state index contributed by atoms with van der Waals surface area (Å²) in [5.74, 6) is 0.348. The summed E-state index contributed by atoms with van der Waals surface area (Å²) in [5, 5.41) is 0. The van der Waals surface area contributed by atoms with Gasteiger partial charge >= 0.3 is 7.82 Å². The molecule has 0 aliphatic carbocycles. The van der Waals surface area contributed by atoms with Crippen LogP contribution >= 0.6 is 7.82 Å². The van der Waals surface area contributed by atoms with Crippen LogP contribution in [0, 0.1) is 0 Å². The van der Waals surface area contributed by atoms with E-state index in [2.05, 4.69) is 4.52 Å².